The number of carboxylic acids is 1. The van der Waals surface area contributed by atoms with Crippen LogP contribution in [0.4, 0.5) is 0 Å². The van der Waals surface area contributed by atoms with Crippen LogP contribution in [0.3, 0.4) is 0 Å². The first-order chi connectivity index (χ1) is 11.3. The van der Waals surface area contributed by atoms with Crippen LogP contribution in [0.1, 0.15) is 19.3 Å². The van der Waals surface area contributed by atoms with Crippen molar-refractivity contribution in [2.24, 2.45) is 5.92 Å². The number of hydrogen-bond donors (Lipinski definition) is 1. The maximum absolute atomic E-state index is 13.1. The zero-order chi connectivity index (χ0) is 17.6. The third kappa shape index (κ3) is 2.53. The van der Waals surface area contributed by atoms with Gasteiger partial charge in [-0.3, -0.25) is 4.79 Å². The molecule has 0 aromatic heterocycles. The van der Waals surface area contributed by atoms with Crippen LogP contribution in [0.2, 0.25) is 5.02 Å². The van der Waals surface area contributed by atoms with Gasteiger partial charge in [-0.2, -0.15) is 4.31 Å². The van der Waals surface area contributed by atoms with Gasteiger partial charge < -0.3 is 14.6 Å². The average Bonchev–Trinajstić information content (AvgIpc) is 3.13. The first kappa shape index (κ1) is 17.3. The molecule has 3 atom stereocenters. The van der Waals surface area contributed by atoms with Gasteiger partial charge in [-0.05, 0) is 19.3 Å². The number of sulfonamides is 1. The van der Waals surface area contributed by atoms with Gasteiger partial charge in [0.15, 0.2) is 11.5 Å². The molecule has 0 amide bonds. The Morgan fingerprint density at radius 2 is 1.88 bits per heavy atom. The van der Waals surface area contributed by atoms with Crippen molar-refractivity contribution < 1.29 is 27.8 Å². The number of aliphatic carboxylic acids is 1. The van der Waals surface area contributed by atoms with Crippen LogP contribution in [0.15, 0.2) is 17.0 Å². The van der Waals surface area contributed by atoms with Crippen LogP contribution in [-0.2, 0) is 14.8 Å². The summed E-state index contributed by atoms with van der Waals surface area (Å²) in [5.74, 6) is -1.05. The minimum atomic E-state index is -3.93. The van der Waals surface area contributed by atoms with Crippen molar-refractivity contribution >= 4 is 27.6 Å². The van der Waals surface area contributed by atoms with E-state index in [1.807, 2.05) is 0 Å². The lowest BCUT2D eigenvalue weighted by molar-refractivity contribution is -0.142. The summed E-state index contributed by atoms with van der Waals surface area (Å²) in [5.41, 5.74) is 0. The van der Waals surface area contributed by atoms with Gasteiger partial charge in [-0.15, -0.1) is 0 Å². The molecule has 132 valence electrons. The summed E-state index contributed by atoms with van der Waals surface area (Å²) < 4.78 is 37.8. The summed E-state index contributed by atoms with van der Waals surface area (Å²) in [7, 11) is -1.09. The van der Waals surface area contributed by atoms with E-state index in [4.69, 9.17) is 21.1 Å². The molecule has 0 saturated carbocycles. The third-order valence-corrected chi connectivity index (χ3v) is 7.23. The number of nitrogens with zero attached hydrogens (tertiary/aromatic N) is 1. The molecule has 1 N–H and O–H groups in total. The average molecular weight is 376 g/mol. The molecule has 7 nitrogen and oxygen atoms in total. The normalized spacial score (nSPS) is 26.5. The van der Waals surface area contributed by atoms with Crippen molar-refractivity contribution in [3.05, 3.63) is 17.2 Å². The fourth-order valence-corrected chi connectivity index (χ4v) is 6.15. The van der Waals surface area contributed by atoms with Gasteiger partial charge in [0.25, 0.3) is 0 Å². The number of benzene rings is 1. The van der Waals surface area contributed by atoms with Gasteiger partial charge in [0.2, 0.25) is 10.0 Å². The van der Waals surface area contributed by atoms with E-state index in [2.05, 4.69) is 0 Å². The van der Waals surface area contributed by atoms with Gasteiger partial charge in [0.05, 0.1) is 25.2 Å². The van der Waals surface area contributed by atoms with Crippen LogP contribution in [0.25, 0.3) is 0 Å². The molecule has 0 aliphatic carbocycles. The number of halogens is 1. The largest absolute Gasteiger partial charge is 0.493 e. The highest BCUT2D eigenvalue weighted by Gasteiger charge is 2.54. The van der Waals surface area contributed by atoms with Gasteiger partial charge in [-0.1, -0.05) is 11.6 Å². The minimum absolute atomic E-state index is 0.0193. The number of carbonyl (C=O) groups is 1. The van der Waals surface area contributed by atoms with Crippen LogP contribution < -0.4 is 9.47 Å². The number of methoxy groups -OCH3 is 2. The van der Waals surface area contributed by atoms with E-state index in [1.54, 1.807) is 0 Å². The molecule has 2 bridgehead atoms. The Morgan fingerprint density at radius 3 is 2.42 bits per heavy atom. The highest BCUT2D eigenvalue weighted by molar-refractivity contribution is 7.89. The Hall–Kier alpha value is -1.51. The van der Waals surface area contributed by atoms with Gasteiger partial charge >= 0.3 is 5.97 Å². The summed E-state index contributed by atoms with van der Waals surface area (Å²) in [6.07, 6.45) is 1.55. The van der Waals surface area contributed by atoms with E-state index < -0.39 is 28.0 Å². The number of hydrogen-bond acceptors (Lipinski definition) is 5. The van der Waals surface area contributed by atoms with Crippen LogP contribution >= 0.6 is 11.6 Å². The Kier molecular flexibility index (Phi) is 4.39. The molecular weight excluding hydrogens is 358 g/mol. The second-order valence-electron chi connectivity index (χ2n) is 5.95. The smallest absolute Gasteiger partial charge is 0.308 e. The second kappa shape index (κ2) is 6.09. The minimum Gasteiger partial charge on any atom is -0.493 e. The summed E-state index contributed by atoms with van der Waals surface area (Å²) in [6, 6.07) is 1.89. The van der Waals surface area contributed by atoms with E-state index in [0.29, 0.717) is 25.0 Å². The fraction of sp³-hybridized carbons (Fsp3) is 0.533. The molecule has 0 spiro atoms. The van der Waals surface area contributed by atoms with Crippen LogP contribution in [0.5, 0.6) is 11.5 Å². The highest BCUT2D eigenvalue weighted by Crippen LogP contribution is 2.47. The molecular formula is C15H18ClNO6S. The van der Waals surface area contributed by atoms with E-state index in [1.165, 1.54) is 30.7 Å². The molecule has 2 aliphatic heterocycles. The summed E-state index contributed by atoms with van der Waals surface area (Å²) in [5, 5.41) is 9.33. The zero-order valence-electron chi connectivity index (χ0n) is 13.2. The van der Waals surface area contributed by atoms with Crippen molar-refractivity contribution in [3.63, 3.8) is 0 Å². The van der Waals surface area contributed by atoms with Crippen molar-refractivity contribution in [2.75, 3.05) is 14.2 Å². The SMILES string of the molecule is COc1cc(Cl)c(S(=O)(=O)N2C3CCC2C(C(=O)O)C3)cc1OC. The lowest BCUT2D eigenvalue weighted by Gasteiger charge is -2.23. The van der Waals surface area contributed by atoms with Crippen molar-refractivity contribution in [1.29, 1.82) is 0 Å². The summed E-state index contributed by atoms with van der Waals surface area (Å²) in [4.78, 5) is 11.3. The monoisotopic (exact) mass is 375 g/mol. The first-order valence-electron chi connectivity index (χ1n) is 7.49. The van der Waals surface area contributed by atoms with E-state index in [0.717, 1.165) is 0 Å². The molecule has 3 rings (SSSR count). The van der Waals surface area contributed by atoms with E-state index >= 15 is 0 Å². The maximum Gasteiger partial charge on any atom is 0.308 e. The fourth-order valence-electron chi connectivity index (χ4n) is 3.73. The second-order valence-corrected chi connectivity index (χ2v) is 8.17. The lowest BCUT2D eigenvalue weighted by atomic mass is 9.89. The molecule has 9 heteroatoms. The molecule has 2 fully saturated rings. The van der Waals surface area contributed by atoms with Crippen molar-refractivity contribution in [2.45, 2.75) is 36.2 Å². The molecule has 2 aliphatic rings. The molecule has 3 unspecified atom stereocenters. The number of ether oxygens (including phenoxy) is 2. The highest BCUT2D eigenvalue weighted by atomic mass is 35.5. The number of carboxylic acid groups (broad SMARTS) is 1. The quantitative estimate of drug-likeness (QED) is 0.845. The Balaban J connectivity index is 2.05. The summed E-state index contributed by atoms with van der Waals surface area (Å²) in [6.45, 7) is 0. The zero-order valence-corrected chi connectivity index (χ0v) is 14.8. The topological polar surface area (TPSA) is 93.1 Å². The standard InChI is InChI=1S/C15H18ClNO6S/c1-22-12-6-10(16)14(7-13(12)23-2)24(20,21)17-8-3-4-11(17)9(5-8)15(18)19/h6-9,11H,3-5H2,1-2H3,(H,18,19). The number of fused-ring (bicyclic) bond motifs is 2. The predicted molar refractivity (Wildman–Crippen MR) is 86.1 cm³/mol. The maximum atomic E-state index is 13.1. The Labute approximate surface area is 145 Å². The van der Waals surface area contributed by atoms with Crippen molar-refractivity contribution in [1.82, 2.24) is 4.31 Å². The molecule has 0 radical (unpaired) electrons. The molecule has 1 aromatic rings. The van der Waals surface area contributed by atoms with Crippen LogP contribution in [0, 0.1) is 5.92 Å². The number of rotatable bonds is 5. The van der Waals surface area contributed by atoms with E-state index in [9.17, 15) is 18.3 Å². The predicted octanol–water partition coefficient (Wildman–Crippen LogP) is 1.98. The molecule has 1 aromatic carbocycles. The van der Waals surface area contributed by atoms with Gasteiger partial charge in [-0.25, -0.2) is 8.42 Å². The van der Waals surface area contributed by atoms with E-state index in [-0.39, 0.29) is 21.7 Å². The summed E-state index contributed by atoms with van der Waals surface area (Å²) >= 11 is 6.16. The first-order valence-corrected chi connectivity index (χ1v) is 9.31. The van der Waals surface area contributed by atoms with Gasteiger partial charge in [0, 0.05) is 24.2 Å². The Bertz CT molecular complexity index is 780. The third-order valence-electron chi connectivity index (χ3n) is 4.78. The van der Waals surface area contributed by atoms with Gasteiger partial charge in [0.1, 0.15) is 4.90 Å². The Morgan fingerprint density at radius 1 is 1.25 bits per heavy atom. The molecule has 24 heavy (non-hydrogen) atoms. The van der Waals surface area contributed by atoms with Crippen molar-refractivity contribution in [3.8, 4) is 11.5 Å². The lowest BCUT2D eigenvalue weighted by Crippen LogP contribution is -2.38. The van der Waals surface area contributed by atoms with Crippen LogP contribution in [-0.4, -0.2) is 50.1 Å². The molecule has 2 heterocycles. The molecule has 2 saturated heterocycles.